The second-order valence-corrected chi connectivity index (χ2v) is 8.04. The van der Waals surface area contributed by atoms with Gasteiger partial charge in [-0.3, -0.25) is 4.90 Å². The van der Waals surface area contributed by atoms with Gasteiger partial charge in [0.1, 0.15) is 0 Å². The summed E-state index contributed by atoms with van der Waals surface area (Å²) in [6.45, 7) is 2.93. The molecule has 2 amide bonds. The Bertz CT molecular complexity index is 692. The van der Waals surface area contributed by atoms with Gasteiger partial charge in [0, 0.05) is 31.4 Å². The topological polar surface area (TPSA) is 44.4 Å². The third-order valence-electron chi connectivity index (χ3n) is 5.70. The van der Waals surface area contributed by atoms with Gasteiger partial charge in [0.05, 0.1) is 5.56 Å². The number of carbonyl (C=O) groups is 1. The highest BCUT2D eigenvalue weighted by molar-refractivity contribution is 5.89. The number of urea groups is 1. The number of allylic oxidation sites excluding steroid dienone is 1. The molecular formula is C22H30F3N3O. The number of halogens is 3. The van der Waals surface area contributed by atoms with Crippen molar-refractivity contribution >= 4 is 11.7 Å². The Morgan fingerprint density at radius 2 is 1.72 bits per heavy atom. The molecule has 0 unspecified atom stereocenters. The first-order chi connectivity index (χ1) is 13.9. The van der Waals surface area contributed by atoms with Crippen molar-refractivity contribution in [1.82, 2.24) is 10.2 Å². The zero-order valence-corrected chi connectivity index (χ0v) is 16.7. The lowest BCUT2D eigenvalue weighted by atomic mass is 9.98. The summed E-state index contributed by atoms with van der Waals surface area (Å²) in [6.07, 6.45) is 7.46. The van der Waals surface area contributed by atoms with Crippen molar-refractivity contribution in [2.24, 2.45) is 0 Å². The molecule has 0 aromatic heterocycles. The predicted octanol–water partition coefficient (Wildman–Crippen LogP) is 5.57. The Balaban J connectivity index is 1.40. The van der Waals surface area contributed by atoms with Crippen LogP contribution in [0.5, 0.6) is 0 Å². The minimum atomic E-state index is -4.37. The number of carbonyl (C=O) groups excluding carboxylic acids is 1. The van der Waals surface area contributed by atoms with Crippen molar-refractivity contribution in [2.45, 2.75) is 63.6 Å². The number of alkyl halides is 3. The molecule has 1 aliphatic heterocycles. The van der Waals surface area contributed by atoms with Gasteiger partial charge in [0.15, 0.2) is 0 Å². The lowest BCUT2D eigenvalue weighted by Crippen LogP contribution is -2.46. The number of nitrogens with zero attached hydrogens (tertiary/aromatic N) is 1. The second-order valence-electron chi connectivity index (χ2n) is 8.04. The maximum absolute atomic E-state index is 12.6. The van der Waals surface area contributed by atoms with E-state index in [9.17, 15) is 18.0 Å². The first-order valence-corrected chi connectivity index (χ1v) is 10.6. The number of nitrogens with one attached hydrogen (secondary N) is 2. The Hall–Kier alpha value is -2.02. The zero-order valence-electron chi connectivity index (χ0n) is 16.7. The highest BCUT2D eigenvalue weighted by Gasteiger charge is 2.30. The largest absolute Gasteiger partial charge is 0.416 e. The second kappa shape index (κ2) is 10.1. The van der Waals surface area contributed by atoms with E-state index < -0.39 is 11.7 Å². The third kappa shape index (κ3) is 7.07. The molecule has 1 fully saturated rings. The molecule has 0 saturated carbocycles. The fraction of sp³-hybridized carbons (Fsp3) is 0.591. The molecule has 1 aliphatic carbocycles. The van der Waals surface area contributed by atoms with Crippen LogP contribution in [0.4, 0.5) is 23.7 Å². The molecule has 0 radical (unpaired) electrons. The molecular weight excluding hydrogens is 379 g/mol. The van der Waals surface area contributed by atoms with Gasteiger partial charge < -0.3 is 10.6 Å². The van der Waals surface area contributed by atoms with E-state index in [1.807, 2.05) is 0 Å². The fourth-order valence-electron chi connectivity index (χ4n) is 4.02. The summed E-state index contributed by atoms with van der Waals surface area (Å²) in [7, 11) is 0. The molecule has 0 bridgehead atoms. The summed E-state index contributed by atoms with van der Waals surface area (Å²) in [4.78, 5) is 14.6. The average molecular weight is 409 g/mol. The molecule has 3 rings (SSSR count). The van der Waals surface area contributed by atoms with E-state index in [0.717, 1.165) is 44.6 Å². The van der Waals surface area contributed by atoms with Crippen LogP contribution in [-0.4, -0.2) is 36.6 Å². The summed E-state index contributed by atoms with van der Waals surface area (Å²) < 4.78 is 37.8. The molecule has 7 heteroatoms. The van der Waals surface area contributed by atoms with Crippen molar-refractivity contribution in [2.75, 3.05) is 25.0 Å². The van der Waals surface area contributed by atoms with E-state index in [2.05, 4.69) is 21.6 Å². The number of benzene rings is 1. The standard InChI is InChI=1S/C22H30F3N3O/c23-22(24,25)18-8-10-19(11-9-18)26-21(29)27-20-12-14-28(15-13-20)16-17-6-4-2-1-3-5-7-17/h6,8-11,20H,1-5,7,12-16H2,(H2,26,27,29)/b17-6+. The van der Waals surface area contributed by atoms with Crippen molar-refractivity contribution in [3.05, 3.63) is 41.5 Å². The zero-order chi connectivity index (χ0) is 20.7. The molecule has 2 N–H and O–H groups in total. The van der Waals surface area contributed by atoms with Gasteiger partial charge in [-0.1, -0.05) is 24.5 Å². The molecule has 1 aromatic carbocycles. The van der Waals surface area contributed by atoms with Crippen LogP contribution in [0.1, 0.15) is 56.9 Å². The summed E-state index contributed by atoms with van der Waals surface area (Å²) in [5, 5.41) is 5.56. The number of anilines is 1. The van der Waals surface area contributed by atoms with Gasteiger partial charge in [-0.25, -0.2) is 4.79 Å². The van der Waals surface area contributed by atoms with Crippen molar-refractivity contribution in [1.29, 1.82) is 0 Å². The van der Waals surface area contributed by atoms with E-state index in [-0.39, 0.29) is 12.1 Å². The van der Waals surface area contributed by atoms with Gasteiger partial charge in [-0.15, -0.1) is 0 Å². The smallest absolute Gasteiger partial charge is 0.335 e. The lowest BCUT2D eigenvalue weighted by Gasteiger charge is -2.33. The Morgan fingerprint density at radius 1 is 1.03 bits per heavy atom. The van der Waals surface area contributed by atoms with Crippen molar-refractivity contribution in [3.8, 4) is 0 Å². The molecule has 1 heterocycles. The molecule has 0 atom stereocenters. The lowest BCUT2D eigenvalue weighted by molar-refractivity contribution is -0.137. The number of rotatable bonds is 4. The highest BCUT2D eigenvalue weighted by Crippen LogP contribution is 2.29. The van der Waals surface area contributed by atoms with Gasteiger partial charge >= 0.3 is 12.2 Å². The van der Waals surface area contributed by atoms with Crippen LogP contribution in [0.3, 0.4) is 0 Å². The summed E-state index contributed by atoms with van der Waals surface area (Å²) in [5.74, 6) is 0. The Kier molecular flexibility index (Phi) is 7.58. The normalized spacial score (nSPS) is 21.6. The third-order valence-corrected chi connectivity index (χ3v) is 5.70. The van der Waals surface area contributed by atoms with Crippen LogP contribution < -0.4 is 10.6 Å². The first kappa shape index (κ1) is 21.7. The van der Waals surface area contributed by atoms with E-state index >= 15 is 0 Å². The van der Waals surface area contributed by atoms with Crippen LogP contribution in [0.25, 0.3) is 0 Å². The molecule has 160 valence electrons. The van der Waals surface area contributed by atoms with Crippen LogP contribution in [-0.2, 0) is 6.18 Å². The number of amides is 2. The summed E-state index contributed by atoms with van der Waals surface area (Å²) in [6, 6.07) is 4.20. The maximum atomic E-state index is 12.6. The van der Waals surface area contributed by atoms with E-state index in [1.165, 1.54) is 50.7 Å². The Morgan fingerprint density at radius 3 is 2.41 bits per heavy atom. The maximum Gasteiger partial charge on any atom is 0.416 e. The molecule has 4 nitrogen and oxygen atoms in total. The summed E-state index contributed by atoms with van der Waals surface area (Å²) in [5.41, 5.74) is 1.18. The highest BCUT2D eigenvalue weighted by atomic mass is 19.4. The van der Waals surface area contributed by atoms with E-state index in [4.69, 9.17) is 0 Å². The molecule has 29 heavy (non-hydrogen) atoms. The number of likely N-dealkylation sites (tertiary alicyclic amines) is 1. The predicted molar refractivity (Wildman–Crippen MR) is 109 cm³/mol. The first-order valence-electron chi connectivity index (χ1n) is 10.6. The quantitative estimate of drug-likeness (QED) is 0.639. The van der Waals surface area contributed by atoms with Gasteiger partial charge in [0.25, 0.3) is 0 Å². The SMILES string of the molecule is O=C(Nc1ccc(C(F)(F)F)cc1)NC1CCN(C/C2=C/CCCCCC2)CC1. The van der Waals surface area contributed by atoms with Crippen molar-refractivity contribution < 1.29 is 18.0 Å². The van der Waals surface area contributed by atoms with Crippen LogP contribution >= 0.6 is 0 Å². The summed E-state index contributed by atoms with van der Waals surface area (Å²) >= 11 is 0. The minimum Gasteiger partial charge on any atom is -0.335 e. The van der Waals surface area contributed by atoms with Gasteiger partial charge in [-0.2, -0.15) is 13.2 Å². The van der Waals surface area contributed by atoms with Gasteiger partial charge in [0.2, 0.25) is 0 Å². The van der Waals surface area contributed by atoms with Crippen LogP contribution in [0.2, 0.25) is 0 Å². The van der Waals surface area contributed by atoms with Crippen LogP contribution in [0.15, 0.2) is 35.9 Å². The molecule has 1 saturated heterocycles. The molecule has 2 aliphatic rings. The molecule has 0 spiro atoms. The number of hydrogen-bond acceptors (Lipinski definition) is 2. The van der Waals surface area contributed by atoms with Gasteiger partial charge in [-0.05, 0) is 62.8 Å². The molecule has 1 aromatic rings. The minimum absolute atomic E-state index is 0.0898. The van der Waals surface area contributed by atoms with E-state index in [1.54, 1.807) is 5.57 Å². The fourth-order valence-corrected chi connectivity index (χ4v) is 4.02. The van der Waals surface area contributed by atoms with Crippen molar-refractivity contribution in [3.63, 3.8) is 0 Å². The van der Waals surface area contributed by atoms with E-state index in [0.29, 0.717) is 5.69 Å². The van der Waals surface area contributed by atoms with Crippen LogP contribution in [0, 0.1) is 0 Å². The number of hydrogen-bond donors (Lipinski definition) is 2. The Labute approximate surface area is 170 Å². The monoisotopic (exact) mass is 409 g/mol. The number of piperidine rings is 1. The average Bonchev–Trinajstić information content (AvgIpc) is 2.65.